The van der Waals surface area contributed by atoms with Gasteiger partial charge in [0.05, 0.1) is 29.5 Å². The fourth-order valence-corrected chi connectivity index (χ4v) is 8.50. The first kappa shape index (κ1) is 39.4. The number of nitrogens with two attached hydrogens (primary N) is 1. The summed E-state index contributed by atoms with van der Waals surface area (Å²) < 4.78 is 6.04. The van der Waals surface area contributed by atoms with E-state index in [9.17, 15) is 33.6 Å². The van der Waals surface area contributed by atoms with Crippen LogP contribution in [-0.2, 0) is 25.5 Å². The Labute approximate surface area is 339 Å². The van der Waals surface area contributed by atoms with Crippen LogP contribution < -0.4 is 26.6 Å². The van der Waals surface area contributed by atoms with Crippen molar-refractivity contribution < 1.29 is 38.3 Å². The Balaban J connectivity index is 0.816. The zero-order chi connectivity index (χ0) is 41.4. The fourth-order valence-electron chi connectivity index (χ4n) is 8.50. The van der Waals surface area contributed by atoms with Crippen molar-refractivity contribution in [2.24, 2.45) is 11.7 Å². The number of hydrogen-bond acceptors (Lipinski definition) is 12. The second kappa shape index (κ2) is 16.4. The highest BCUT2D eigenvalue weighted by Gasteiger charge is 2.45. The lowest BCUT2D eigenvalue weighted by atomic mass is 9.81. The third-order valence-corrected chi connectivity index (χ3v) is 11.8. The molecule has 1 aliphatic carbocycles. The van der Waals surface area contributed by atoms with E-state index in [1.807, 2.05) is 4.90 Å². The van der Waals surface area contributed by atoms with Gasteiger partial charge >= 0.3 is 6.03 Å². The standard InChI is InChI=1S/C41H46N10O8/c1-48-15-16-50(41(48)58)27-10-4-14-49(22-27)31-21-43-34(35(42)53)36(46-31)44-25-8-3-9-26(20-25)45-37(54)24-18-28(19-24)59-17-5-7-23-6-2-11-29-33(23)40(57)51(39(29)56)30-12-13-32(52)47-38(30)55/h2-3,6,8-9,11,20-21,24,27-28,30H,4-5,7,10,12-19,22H2,1H3,(H2,42,53)(H,44,46)(H,45,54)(H,47,52,55)/t24-,27-,28+,30?/m1/s1. The van der Waals surface area contributed by atoms with Gasteiger partial charge in [-0.15, -0.1) is 0 Å². The second-order valence-electron chi connectivity index (χ2n) is 15.7. The Hall–Kier alpha value is -6.43. The molecule has 18 nitrogen and oxygen atoms in total. The van der Waals surface area contributed by atoms with Gasteiger partial charge in [0.25, 0.3) is 17.7 Å². The van der Waals surface area contributed by atoms with Crippen LogP contribution in [0.4, 0.5) is 27.8 Å². The number of carbonyl (C=O) groups excluding carboxylic acids is 7. The number of rotatable bonds is 13. The predicted octanol–water partition coefficient (Wildman–Crippen LogP) is 2.42. The summed E-state index contributed by atoms with van der Waals surface area (Å²) in [5.74, 6) is -2.53. The SMILES string of the molecule is CN1CCN([C@@H]2CCCN(c3cnc(C(N)=O)c(Nc4cccc(NC(=O)[C@H]5C[C@@H](OCCCc6cccc7c6C(=O)N(C6CCC(=O)NC6=O)C7=O)C5)c4)n3)C2)C1=O. The van der Waals surface area contributed by atoms with Crippen molar-refractivity contribution in [1.82, 2.24) is 30.0 Å². The number of likely N-dealkylation sites (N-methyl/N-ethyl adjacent to an activating group) is 1. The molecule has 4 fully saturated rings. The number of imide groups is 2. The van der Waals surface area contributed by atoms with Crippen LogP contribution in [0.3, 0.4) is 0 Å². The molecule has 2 atom stereocenters. The van der Waals surface area contributed by atoms with E-state index in [0.717, 1.165) is 24.3 Å². The molecule has 3 aromatic rings. The third-order valence-electron chi connectivity index (χ3n) is 11.8. The Bertz CT molecular complexity index is 2230. The summed E-state index contributed by atoms with van der Waals surface area (Å²) in [5, 5.41) is 8.35. The molecule has 3 saturated heterocycles. The van der Waals surface area contributed by atoms with Crippen LogP contribution in [0.2, 0.25) is 0 Å². The Kier molecular flexibility index (Phi) is 11.0. The summed E-state index contributed by atoms with van der Waals surface area (Å²) in [7, 11) is 1.80. The Morgan fingerprint density at radius 1 is 0.983 bits per heavy atom. The number of amides is 8. The Morgan fingerprint density at radius 3 is 2.54 bits per heavy atom. The van der Waals surface area contributed by atoms with Gasteiger partial charge in [-0.05, 0) is 74.8 Å². The summed E-state index contributed by atoms with van der Waals surface area (Å²) in [4.78, 5) is 104. The second-order valence-corrected chi connectivity index (χ2v) is 15.7. The quantitative estimate of drug-likeness (QED) is 0.144. The average molecular weight is 807 g/mol. The molecular formula is C41H46N10O8. The lowest BCUT2D eigenvalue weighted by Crippen LogP contribution is -2.54. The highest BCUT2D eigenvalue weighted by atomic mass is 16.5. The van der Waals surface area contributed by atoms with E-state index in [0.29, 0.717) is 74.7 Å². The van der Waals surface area contributed by atoms with Crippen molar-refractivity contribution in [3.63, 3.8) is 0 Å². The van der Waals surface area contributed by atoms with Crippen molar-refractivity contribution in [1.29, 1.82) is 0 Å². The number of hydrogen-bond donors (Lipinski definition) is 4. The highest BCUT2D eigenvalue weighted by molar-refractivity contribution is 6.24. The van der Waals surface area contributed by atoms with Crippen molar-refractivity contribution in [3.8, 4) is 0 Å². The fraction of sp³-hybridized carbons (Fsp3) is 0.439. The van der Waals surface area contributed by atoms with Gasteiger partial charge in [-0.2, -0.15) is 0 Å². The normalized spacial score (nSPS) is 23.0. The molecule has 8 amide bonds. The van der Waals surface area contributed by atoms with E-state index in [-0.39, 0.29) is 65.5 Å². The maximum Gasteiger partial charge on any atom is 0.320 e. The molecule has 1 unspecified atom stereocenters. The maximum absolute atomic E-state index is 13.4. The van der Waals surface area contributed by atoms with E-state index in [4.69, 9.17) is 15.5 Å². The molecule has 18 heteroatoms. The molecule has 5 aliphatic rings. The molecule has 5 N–H and O–H groups in total. The van der Waals surface area contributed by atoms with Crippen molar-refractivity contribution in [2.45, 2.75) is 69.6 Å². The molecule has 1 saturated carbocycles. The minimum Gasteiger partial charge on any atom is -0.378 e. The molecule has 2 aromatic carbocycles. The smallest absolute Gasteiger partial charge is 0.320 e. The number of nitrogens with one attached hydrogen (secondary N) is 3. The largest absolute Gasteiger partial charge is 0.378 e. The van der Waals surface area contributed by atoms with Gasteiger partial charge in [0, 0.05) is 63.5 Å². The molecule has 59 heavy (non-hydrogen) atoms. The van der Waals surface area contributed by atoms with Crippen LogP contribution in [0.15, 0.2) is 48.7 Å². The molecule has 0 bridgehead atoms. The van der Waals surface area contributed by atoms with Gasteiger partial charge in [0.15, 0.2) is 11.5 Å². The molecule has 4 aliphatic heterocycles. The van der Waals surface area contributed by atoms with E-state index < -0.39 is 35.6 Å². The number of anilines is 4. The van der Waals surface area contributed by atoms with Gasteiger partial charge in [0.1, 0.15) is 11.9 Å². The molecule has 0 radical (unpaired) electrons. The van der Waals surface area contributed by atoms with Gasteiger partial charge in [-0.1, -0.05) is 18.2 Å². The predicted molar refractivity (Wildman–Crippen MR) is 213 cm³/mol. The monoisotopic (exact) mass is 806 g/mol. The van der Waals surface area contributed by atoms with Crippen LogP contribution in [-0.4, -0.2) is 124 Å². The summed E-state index contributed by atoms with van der Waals surface area (Å²) >= 11 is 0. The topological polar surface area (TPSA) is 230 Å². The summed E-state index contributed by atoms with van der Waals surface area (Å²) in [6, 6.07) is 11.2. The number of ether oxygens (including phenoxy) is 1. The van der Waals surface area contributed by atoms with Crippen LogP contribution >= 0.6 is 0 Å². The third kappa shape index (κ3) is 8.04. The van der Waals surface area contributed by atoms with Gasteiger partial charge < -0.3 is 35.8 Å². The van der Waals surface area contributed by atoms with Crippen LogP contribution in [0, 0.1) is 5.92 Å². The van der Waals surface area contributed by atoms with Crippen molar-refractivity contribution in [3.05, 3.63) is 71.0 Å². The van der Waals surface area contributed by atoms with Gasteiger partial charge in [-0.25, -0.2) is 14.8 Å². The summed E-state index contributed by atoms with van der Waals surface area (Å²) in [6.45, 7) is 3.08. The van der Waals surface area contributed by atoms with Crippen molar-refractivity contribution in [2.75, 3.05) is 55.4 Å². The first-order valence-corrected chi connectivity index (χ1v) is 20.0. The van der Waals surface area contributed by atoms with Crippen LogP contribution in [0.1, 0.15) is 81.7 Å². The Morgan fingerprint density at radius 2 is 1.78 bits per heavy atom. The molecule has 0 spiro atoms. The number of benzene rings is 2. The van der Waals surface area contributed by atoms with E-state index in [1.54, 1.807) is 54.4 Å². The lowest BCUT2D eigenvalue weighted by molar-refractivity contribution is -0.136. The number of piperidine rings is 2. The minimum absolute atomic E-state index is 0.0236. The van der Waals surface area contributed by atoms with E-state index >= 15 is 0 Å². The molecule has 308 valence electrons. The maximum atomic E-state index is 13.4. The van der Waals surface area contributed by atoms with E-state index in [2.05, 4.69) is 25.8 Å². The number of primary amides is 1. The first-order chi connectivity index (χ1) is 28.4. The molecular weight excluding hydrogens is 761 g/mol. The van der Waals surface area contributed by atoms with E-state index in [1.165, 1.54) is 6.20 Å². The number of aryl methyl sites for hydroxylation is 1. The highest BCUT2D eigenvalue weighted by Crippen LogP contribution is 2.34. The first-order valence-electron chi connectivity index (χ1n) is 20.0. The summed E-state index contributed by atoms with van der Waals surface area (Å²) in [5.41, 5.74) is 7.97. The zero-order valence-electron chi connectivity index (χ0n) is 32.6. The molecule has 1 aromatic heterocycles. The number of aromatic nitrogens is 2. The van der Waals surface area contributed by atoms with Crippen LogP contribution in [0.5, 0.6) is 0 Å². The van der Waals surface area contributed by atoms with Crippen molar-refractivity contribution >= 4 is 64.5 Å². The number of fused-ring (bicyclic) bond motifs is 1. The average Bonchev–Trinajstić information content (AvgIpc) is 3.67. The summed E-state index contributed by atoms with van der Waals surface area (Å²) in [6.07, 6.45) is 5.47. The lowest BCUT2D eigenvalue weighted by Gasteiger charge is -2.37. The van der Waals surface area contributed by atoms with Gasteiger partial charge in [-0.3, -0.25) is 39.0 Å². The zero-order valence-corrected chi connectivity index (χ0v) is 32.6. The molecule has 8 rings (SSSR count). The van der Waals surface area contributed by atoms with Crippen LogP contribution in [0.25, 0.3) is 0 Å². The van der Waals surface area contributed by atoms with Gasteiger partial charge in [0.2, 0.25) is 17.7 Å². The number of nitrogens with zero attached hydrogens (tertiary/aromatic N) is 6. The number of urea groups is 1. The minimum atomic E-state index is -1.02. The number of carbonyl (C=O) groups is 7. The molecule has 5 heterocycles.